The number of methoxy groups -OCH3 is 1. The van der Waals surface area contributed by atoms with Crippen molar-refractivity contribution in [3.05, 3.63) is 46.6 Å². The van der Waals surface area contributed by atoms with Gasteiger partial charge in [-0.25, -0.2) is 0 Å². The molecule has 0 bridgehead atoms. The number of hydrogen-bond acceptors (Lipinski definition) is 7. The summed E-state index contributed by atoms with van der Waals surface area (Å²) in [5.74, 6) is 2.15. The molecule has 0 spiro atoms. The number of benzene rings is 1. The number of rotatable bonds is 7. The number of amides is 1. The molecular weight excluding hydrogens is 382 g/mol. The van der Waals surface area contributed by atoms with Gasteiger partial charge in [0.05, 0.1) is 29.2 Å². The maximum Gasteiger partial charge on any atom is 0.236 e. The number of carbonyl (C=O) groups is 1. The Balaban J connectivity index is 1.51. The molecule has 9 heteroatoms. The van der Waals surface area contributed by atoms with E-state index >= 15 is 0 Å². The van der Waals surface area contributed by atoms with Crippen LogP contribution >= 0.6 is 34.7 Å². The molecule has 0 saturated carbocycles. The fraction of sp³-hybridized carbons (Fsp3) is 0.188. The van der Waals surface area contributed by atoms with E-state index in [0.29, 0.717) is 33.9 Å². The molecule has 0 unspecified atom stereocenters. The Morgan fingerprint density at radius 2 is 2.32 bits per heavy atom. The lowest BCUT2D eigenvalue weighted by Gasteiger charge is -2.10. The number of thioether (sulfide) groups is 1. The zero-order valence-corrected chi connectivity index (χ0v) is 15.6. The molecule has 6 nitrogen and oxygen atoms in total. The lowest BCUT2D eigenvalue weighted by atomic mass is 10.3. The number of thiophene rings is 1. The fourth-order valence-corrected chi connectivity index (χ4v) is 3.49. The van der Waals surface area contributed by atoms with Crippen molar-refractivity contribution in [2.24, 2.45) is 0 Å². The Kier molecular flexibility index (Phi) is 5.95. The molecule has 25 heavy (non-hydrogen) atoms. The third kappa shape index (κ3) is 4.75. The topological polar surface area (TPSA) is 77.2 Å². The van der Waals surface area contributed by atoms with Gasteiger partial charge in [0.1, 0.15) is 5.75 Å². The average molecular weight is 396 g/mol. The van der Waals surface area contributed by atoms with Gasteiger partial charge in [-0.2, -0.15) is 4.98 Å². The summed E-state index contributed by atoms with van der Waals surface area (Å²) in [6, 6.07) is 8.91. The van der Waals surface area contributed by atoms with E-state index in [-0.39, 0.29) is 11.7 Å². The van der Waals surface area contributed by atoms with E-state index in [9.17, 15) is 4.79 Å². The van der Waals surface area contributed by atoms with Crippen LogP contribution in [-0.4, -0.2) is 28.9 Å². The number of halogens is 1. The number of anilines is 1. The molecule has 0 aliphatic carbocycles. The van der Waals surface area contributed by atoms with Crippen LogP contribution < -0.4 is 10.1 Å². The van der Waals surface area contributed by atoms with Crippen molar-refractivity contribution in [3.8, 4) is 16.5 Å². The van der Waals surface area contributed by atoms with Gasteiger partial charge in [0.25, 0.3) is 0 Å². The average Bonchev–Trinajstić information content (AvgIpc) is 3.26. The van der Waals surface area contributed by atoms with Crippen molar-refractivity contribution in [3.63, 3.8) is 0 Å². The van der Waals surface area contributed by atoms with Gasteiger partial charge in [0, 0.05) is 5.02 Å². The van der Waals surface area contributed by atoms with Crippen molar-refractivity contribution in [2.45, 2.75) is 5.75 Å². The summed E-state index contributed by atoms with van der Waals surface area (Å²) >= 11 is 8.88. The normalized spacial score (nSPS) is 10.6. The van der Waals surface area contributed by atoms with Crippen LogP contribution in [0.3, 0.4) is 0 Å². The SMILES string of the molecule is COc1ccc(Cl)cc1NC(=O)CSCc1nc(-c2cccs2)no1. The smallest absolute Gasteiger partial charge is 0.236 e. The predicted molar refractivity (Wildman–Crippen MR) is 100 cm³/mol. The summed E-state index contributed by atoms with van der Waals surface area (Å²) < 4.78 is 10.4. The van der Waals surface area contributed by atoms with E-state index < -0.39 is 0 Å². The first kappa shape index (κ1) is 17.8. The summed E-state index contributed by atoms with van der Waals surface area (Å²) in [4.78, 5) is 17.3. The summed E-state index contributed by atoms with van der Waals surface area (Å²) in [6.07, 6.45) is 0. The van der Waals surface area contributed by atoms with Crippen molar-refractivity contribution >= 4 is 46.3 Å². The largest absolute Gasteiger partial charge is 0.495 e. The van der Waals surface area contributed by atoms with Crippen LogP contribution in [0.25, 0.3) is 10.7 Å². The third-order valence-corrected chi connectivity index (χ3v) is 5.12. The monoisotopic (exact) mass is 395 g/mol. The molecule has 0 saturated heterocycles. The third-order valence-electron chi connectivity index (χ3n) is 3.10. The molecular formula is C16H14ClN3O3S2. The second-order valence-electron chi connectivity index (χ2n) is 4.87. The van der Waals surface area contributed by atoms with Crippen LogP contribution in [0, 0.1) is 0 Å². The fourth-order valence-electron chi connectivity index (χ4n) is 2.01. The molecule has 3 aromatic rings. The number of hydrogen-bond donors (Lipinski definition) is 1. The highest BCUT2D eigenvalue weighted by Crippen LogP contribution is 2.28. The maximum absolute atomic E-state index is 12.1. The highest BCUT2D eigenvalue weighted by atomic mass is 35.5. The molecule has 0 aliphatic rings. The molecule has 3 rings (SSSR count). The van der Waals surface area contributed by atoms with Gasteiger partial charge in [-0.05, 0) is 29.6 Å². The Hall–Kier alpha value is -2.03. The Bertz CT molecular complexity index is 852. The second-order valence-corrected chi connectivity index (χ2v) is 7.24. The molecule has 0 aliphatic heterocycles. The Morgan fingerprint density at radius 1 is 1.44 bits per heavy atom. The minimum Gasteiger partial charge on any atom is -0.495 e. The maximum atomic E-state index is 12.1. The Labute approximate surface area is 157 Å². The van der Waals surface area contributed by atoms with Gasteiger partial charge >= 0.3 is 0 Å². The van der Waals surface area contributed by atoms with E-state index in [0.717, 1.165) is 4.88 Å². The van der Waals surface area contributed by atoms with Crippen LogP contribution in [0.1, 0.15) is 5.89 Å². The van der Waals surface area contributed by atoms with Crippen LogP contribution in [0.5, 0.6) is 5.75 Å². The highest BCUT2D eigenvalue weighted by molar-refractivity contribution is 7.99. The summed E-state index contributed by atoms with van der Waals surface area (Å²) in [6.45, 7) is 0. The molecule has 0 fully saturated rings. The van der Waals surface area contributed by atoms with Crippen LogP contribution in [0.4, 0.5) is 5.69 Å². The van der Waals surface area contributed by atoms with Gasteiger partial charge in [-0.1, -0.05) is 22.8 Å². The lowest BCUT2D eigenvalue weighted by Crippen LogP contribution is -2.14. The first-order chi connectivity index (χ1) is 12.2. The summed E-state index contributed by atoms with van der Waals surface area (Å²) in [5.41, 5.74) is 0.540. The Morgan fingerprint density at radius 3 is 3.08 bits per heavy atom. The molecule has 1 amide bonds. The lowest BCUT2D eigenvalue weighted by molar-refractivity contribution is -0.113. The molecule has 0 atom stereocenters. The van der Waals surface area contributed by atoms with Gasteiger partial charge < -0.3 is 14.6 Å². The van der Waals surface area contributed by atoms with Crippen molar-refractivity contribution < 1.29 is 14.1 Å². The molecule has 1 aromatic carbocycles. The second kappa shape index (κ2) is 8.37. The number of carbonyl (C=O) groups excluding carboxylic acids is 1. The van der Waals surface area contributed by atoms with Gasteiger partial charge in [0.15, 0.2) is 0 Å². The summed E-state index contributed by atoms with van der Waals surface area (Å²) in [7, 11) is 1.54. The van der Waals surface area contributed by atoms with Gasteiger partial charge in [-0.15, -0.1) is 23.1 Å². The zero-order chi connectivity index (χ0) is 17.6. The standard InChI is InChI=1S/C16H14ClN3O3S2/c1-22-12-5-4-10(17)7-11(12)18-14(21)8-24-9-15-19-16(20-23-15)13-3-2-6-25-13/h2-7H,8-9H2,1H3,(H,18,21). The molecule has 130 valence electrons. The van der Waals surface area contributed by atoms with Gasteiger partial charge in [0.2, 0.25) is 17.6 Å². The summed E-state index contributed by atoms with van der Waals surface area (Å²) in [5, 5.41) is 9.19. The van der Waals surface area contributed by atoms with Gasteiger partial charge in [-0.3, -0.25) is 4.79 Å². The zero-order valence-electron chi connectivity index (χ0n) is 13.2. The molecule has 2 heterocycles. The number of nitrogens with one attached hydrogen (secondary N) is 1. The van der Waals surface area contributed by atoms with E-state index in [4.69, 9.17) is 20.9 Å². The van der Waals surface area contributed by atoms with Crippen molar-refractivity contribution in [2.75, 3.05) is 18.2 Å². The highest BCUT2D eigenvalue weighted by Gasteiger charge is 2.12. The first-order valence-corrected chi connectivity index (χ1v) is 9.64. The van der Waals surface area contributed by atoms with Crippen LogP contribution in [-0.2, 0) is 10.5 Å². The predicted octanol–water partition coefficient (Wildman–Crippen LogP) is 4.33. The molecule has 0 radical (unpaired) electrons. The molecule has 1 N–H and O–H groups in total. The van der Waals surface area contributed by atoms with E-state index in [1.54, 1.807) is 29.5 Å². The van der Waals surface area contributed by atoms with Crippen molar-refractivity contribution in [1.29, 1.82) is 0 Å². The van der Waals surface area contributed by atoms with E-state index in [1.165, 1.54) is 18.9 Å². The van der Waals surface area contributed by atoms with E-state index in [2.05, 4.69) is 15.5 Å². The van der Waals surface area contributed by atoms with Crippen LogP contribution in [0.15, 0.2) is 40.2 Å². The first-order valence-electron chi connectivity index (χ1n) is 7.23. The number of ether oxygens (including phenoxy) is 1. The minimum atomic E-state index is -0.163. The number of aromatic nitrogens is 2. The van der Waals surface area contributed by atoms with E-state index in [1.807, 2.05) is 17.5 Å². The quantitative estimate of drug-likeness (QED) is 0.641. The molecule has 2 aromatic heterocycles. The van der Waals surface area contributed by atoms with Crippen molar-refractivity contribution in [1.82, 2.24) is 10.1 Å². The minimum absolute atomic E-state index is 0.163. The van der Waals surface area contributed by atoms with Crippen LogP contribution in [0.2, 0.25) is 5.02 Å². The number of nitrogens with zero attached hydrogens (tertiary/aromatic N) is 2.